The van der Waals surface area contributed by atoms with E-state index in [4.69, 9.17) is 0 Å². The van der Waals surface area contributed by atoms with Crippen molar-refractivity contribution in [3.8, 4) is 5.75 Å². The van der Waals surface area contributed by atoms with Crippen LogP contribution in [0.15, 0.2) is 29.2 Å². The second-order valence-electron chi connectivity index (χ2n) is 7.79. The predicted octanol–water partition coefficient (Wildman–Crippen LogP) is 2.33. The molecule has 1 aromatic carbocycles. The zero-order chi connectivity index (χ0) is 21.6. The number of hydrogen-bond donors (Lipinski definition) is 2. The zero-order valence-electron chi connectivity index (χ0n) is 16.3. The number of nitrogens with zero attached hydrogens (tertiary/aromatic N) is 2. The number of hydrogen-bond acceptors (Lipinski definition) is 4. The summed E-state index contributed by atoms with van der Waals surface area (Å²) in [5, 5.41) is 12.9. The molecule has 0 aliphatic carbocycles. The van der Waals surface area contributed by atoms with Gasteiger partial charge in [0.2, 0.25) is 5.43 Å². The van der Waals surface area contributed by atoms with E-state index in [2.05, 4.69) is 5.32 Å². The van der Waals surface area contributed by atoms with Crippen LogP contribution in [0.5, 0.6) is 5.75 Å². The molecule has 0 radical (unpaired) electrons. The van der Waals surface area contributed by atoms with Crippen LogP contribution in [0.3, 0.4) is 0 Å². The number of pyridine rings is 1. The maximum absolute atomic E-state index is 13.8. The molecule has 3 heterocycles. The topological polar surface area (TPSA) is 91.6 Å². The van der Waals surface area contributed by atoms with Crippen LogP contribution >= 0.6 is 0 Å². The van der Waals surface area contributed by atoms with Crippen molar-refractivity contribution in [2.45, 2.75) is 44.8 Å². The molecule has 2 aliphatic rings. The number of carbonyl (C=O) groups excluding carboxylic acids is 2. The number of benzene rings is 1. The number of aromatic hydroxyl groups is 1. The van der Waals surface area contributed by atoms with Gasteiger partial charge >= 0.3 is 0 Å². The predicted molar refractivity (Wildman–Crippen MR) is 103 cm³/mol. The standard InChI is InChI=1S/C21H21F2N3O4/c1-11-3-2-4-14-9-25(11)21(30)17-19(28)18(27)15(10-26(14)17)20(29)24-8-12-5-6-13(22)7-16(12)23/h5-7,10-11,14,28H,2-4,8-9H2,1H3,(H,24,29). The highest BCUT2D eigenvalue weighted by Gasteiger charge is 2.38. The van der Waals surface area contributed by atoms with Crippen LogP contribution in [-0.4, -0.2) is 39.0 Å². The third kappa shape index (κ3) is 3.34. The van der Waals surface area contributed by atoms with Crippen LogP contribution in [-0.2, 0) is 6.54 Å². The first kappa shape index (κ1) is 20.1. The van der Waals surface area contributed by atoms with Gasteiger partial charge in [0.25, 0.3) is 11.8 Å². The largest absolute Gasteiger partial charge is 0.503 e. The van der Waals surface area contributed by atoms with Gasteiger partial charge in [0.05, 0.1) is 6.04 Å². The van der Waals surface area contributed by atoms with Crippen LogP contribution < -0.4 is 10.7 Å². The number of aromatic nitrogens is 1. The van der Waals surface area contributed by atoms with Crippen LogP contribution in [0.1, 0.15) is 58.6 Å². The van der Waals surface area contributed by atoms with E-state index >= 15 is 0 Å². The molecule has 2 N–H and O–H groups in total. The van der Waals surface area contributed by atoms with Gasteiger partial charge in [-0.15, -0.1) is 0 Å². The Morgan fingerprint density at radius 2 is 2.03 bits per heavy atom. The van der Waals surface area contributed by atoms with Crippen molar-refractivity contribution in [2.75, 3.05) is 6.54 Å². The number of carbonyl (C=O) groups is 2. The van der Waals surface area contributed by atoms with E-state index in [1.165, 1.54) is 16.8 Å². The van der Waals surface area contributed by atoms with Gasteiger partial charge in [0.1, 0.15) is 17.2 Å². The van der Waals surface area contributed by atoms with Gasteiger partial charge in [-0.25, -0.2) is 8.78 Å². The average Bonchev–Trinajstić information content (AvgIpc) is 2.87. The molecule has 2 bridgehead atoms. The number of halogens is 2. The number of rotatable bonds is 3. The van der Waals surface area contributed by atoms with Gasteiger partial charge < -0.3 is 19.9 Å². The Kier molecular flexibility index (Phi) is 5.05. The first-order valence-electron chi connectivity index (χ1n) is 9.79. The van der Waals surface area contributed by atoms with Gasteiger partial charge in [0.15, 0.2) is 11.4 Å². The SMILES string of the molecule is CC1CCCC2CN1C(=O)c1c(O)c(=O)c(C(=O)NCc3ccc(F)cc3F)cn12. The Morgan fingerprint density at radius 1 is 1.27 bits per heavy atom. The maximum Gasteiger partial charge on any atom is 0.274 e. The molecule has 4 rings (SSSR count). The second kappa shape index (κ2) is 7.55. The summed E-state index contributed by atoms with van der Waals surface area (Å²) in [7, 11) is 0. The minimum atomic E-state index is -0.959. The van der Waals surface area contributed by atoms with E-state index in [1.807, 2.05) is 6.92 Å². The number of amides is 2. The summed E-state index contributed by atoms with van der Waals surface area (Å²) in [6.45, 7) is 2.11. The van der Waals surface area contributed by atoms with Crippen molar-refractivity contribution in [3.63, 3.8) is 0 Å². The van der Waals surface area contributed by atoms with E-state index in [9.17, 15) is 28.3 Å². The fraction of sp³-hybridized carbons (Fsp3) is 0.381. The summed E-state index contributed by atoms with van der Waals surface area (Å²) in [6, 6.07) is 2.80. The minimum absolute atomic E-state index is 0.000618. The van der Waals surface area contributed by atoms with Crippen molar-refractivity contribution in [3.05, 3.63) is 63.1 Å². The Hall–Kier alpha value is -3.23. The Bertz CT molecular complexity index is 1100. The van der Waals surface area contributed by atoms with Gasteiger partial charge in [-0.05, 0) is 32.3 Å². The lowest BCUT2D eigenvalue weighted by atomic mass is 10.1. The second-order valence-corrected chi connectivity index (χ2v) is 7.79. The van der Waals surface area contributed by atoms with Gasteiger partial charge in [-0.1, -0.05) is 6.07 Å². The molecule has 9 heteroatoms. The third-order valence-electron chi connectivity index (χ3n) is 5.87. The fourth-order valence-electron chi connectivity index (χ4n) is 4.17. The van der Waals surface area contributed by atoms with Gasteiger partial charge in [-0.2, -0.15) is 0 Å². The van der Waals surface area contributed by atoms with E-state index in [0.717, 1.165) is 25.3 Å². The van der Waals surface area contributed by atoms with E-state index in [1.54, 1.807) is 4.90 Å². The molecule has 0 spiro atoms. The molecule has 2 unspecified atom stereocenters. The zero-order valence-corrected chi connectivity index (χ0v) is 16.3. The maximum atomic E-state index is 13.8. The molecule has 30 heavy (non-hydrogen) atoms. The third-order valence-corrected chi connectivity index (χ3v) is 5.87. The highest BCUT2D eigenvalue weighted by molar-refractivity contribution is 5.99. The first-order chi connectivity index (χ1) is 14.3. The highest BCUT2D eigenvalue weighted by atomic mass is 19.1. The quantitative estimate of drug-likeness (QED) is 0.802. The highest BCUT2D eigenvalue weighted by Crippen LogP contribution is 2.34. The molecule has 0 saturated carbocycles. The number of fused-ring (bicyclic) bond motifs is 4. The Labute approximate surface area is 170 Å². The fourth-order valence-corrected chi connectivity index (χ4v) is 4.17. The van der Waals surface area contributed by atoms with Gasteiger partial charge in [0, 0.05) is 37.0 Å². The summed E-state index contributed by atoms with van der Waals surface area (Å²) < 4.78 is 28.3. The van der Waals surface area contributed by atoms with E-state index < -0.39 is 34.6 Å². The van der Waals surface area contributed by atoms with Crippen molar-refractivity contribution >= 4 is 11.8 Å². The first-order valence-corrected chi connectivity index (χ1v) is 9.79. The lowest BCUT2D eigenvalue weighted by Gasteiger charge is -2.37. The molecule has 158 valence electrons. The van der Waals surface area contributed by atoms with Crippen LogP contribution in [0.2, 0.25) is 0 Å². The van der Waals surface area contributed by atoms with E-state index in [-0.39, 0.29) is 35.4 Å². The molecular formula is C21H21F2N3O4. The van der Waals surface area contributed by atoms with Crippen LogP contribution in [0.4, 0.5) is 8.78 Å². The van der Waals surface area contributed by atoms with Gasteiger partial charge in [-0.3, -0.25) is 14.4 Å². The average molecular weight is 417 g/mol. The molecule has 2 aliphatic heterocycles. The monoisotopic (exact) mass is 417 g/mol. The minimum Gasteiger partial charge on any atom is -0.503 e. The summed E-state index contributed by atoms with van der Waals surface area (Å²) >= 11 is 0. The summed E-state index contributed by atoms with van der Waals surface area (Å²) in [4.78, 5) is 39.7. The molecular weight excluding hydrogens is 396 g/mol. The van der Waals surface area contributed by atoms with E-state index in [0.29, 0.717) is 12.6 Å². The molecule has 2 atom stereocenters. The molecule has 2 amide bonds. The lowest BCUT2D eigenvalue weighted by molar-refractivity contribution is 0.0604. The van der Waals surface area contributed by atoms with Crippen molar-refractivity contribution in [1.82, 2.24) is 14.8 Å². The summed E-state index contributed by atoms with van der Waals surface area (Å²) in [5.41, 5.74) is -1.35. The van der Waals surface area contributed by atoms with Crippen LogP contribution in [0.25, 0.3) is 0 Å². The number of nitrogens with one attached hydrogen (secondary N) is 1. The Morgan fingerprint density at radius 3 is 2.77 bits per heavy atom. The summed E-state index contributed by atoms with van der Waals surface area (Å²) in [6.07, 6.45) is 3.72. The summed E-state index contributed by atoms with van der Waals surface area (Å²) in [5.74, 6) is -3.57. The molecule has 7 nitrogen and oxygen atoms in total. The molecule has 1 aromatic heterocycles. The normalized spacial score (nSPS) is 20.5. The smallest absolute Gasteiger partial charge is 0.274 e. The molecule has 1 fully saturated rings. The van der Waals surface area contributed by atoms with Crippen LogP contribution in [0, 0.1) is 11.6 Å². The molecule has 1 saturated heterocycles. The van der Waals surface area contributed by atoms with Crippen molar-refractivity contribution in [2.24, 2.45) is 0 Å². The lowest BCUT2D eigenvalue weighted by Crippen LogP contribution is -2.47. The Balaban J connectivity index is 1.66. The van der Waals surface area contributed by atoms with Crippen molar-refractivity contribution < 1.29 is 23.5 Å². The van der Waals surface area contributed by atoms with Crippen molar-refractivity contribution in [1.29, 1.82) is 0 Å². The molecule has 2 aromatic rings.